The van der Waals surface area contributed by atoms with E-state index >= 15 is 0 Å². The van der Waals surface area contributed by atoms with Gasteiger partial charge in [-0.2, -0.15) is 0 Å². The van der Waals surface area contributed by atoms with Crippen LogP contribution in [-0.4, -0.2) is 18.2 Å². The summed E-state index contributed by atoms with van der Waals surface area (Å²) < 4.78 is 5.29. The summed E-state index contributed by atoms with van der Waals surface area (Å²) >= 11 is 1.45. The van der Waals surface area contributed by atoms with Crippen LogP contribution in [0.3, 0.4) is 0 Å². The van der Waals surface area contributed by atoms with E-state index in [4.69, 9.17) is 15.6 Å². The van der Waals surface area contributed by atoms with Crippen molar-refractivity contribution in [1.29, 1.82) is 0 Å². The highest BCUT2D eigenvalue weighted by Crippen LogP contribution is 2.36. The van der Waals surface area contributed by atoms with E-state index in [1.54, 1.807) is 20.1 Å². The second kappa shape index (κ2) is 5.88. The van der Waals surface area contributed by atoms with Crippen LogP contribution in [0, 0.1) is 6.92 Å². The number of aryl methyl sites for hydroxylation is 1. The Morgan fingerprint density at radius 2 is 2.00 bits per heavy atom. The number of aromatic carboxylic acids is 1. The number of carboxylic acid groups (broad SMARTS) is 1. The van der Waals surface area contributed by atoms with Crippen molar-refractivity contribution < 1.29 is 14.6 Å². The second-order valence-corrected chi connectivity index (χ2v) is 5.37. The number of anilines is 1. The first-order chi connectivity index (χ1) is 9.52. The first-order valence-corrected chi connectivity index (χ1v) is 6.79. The molecule has 0 aliphatic carbocycles. The summed E-state index contributed by atoms with van der Waals surface area (Å²) in [4.78, 5) is 12.9. The molecule has 5 heteroatoms. The summed E-state index contributed by atoms with van der Waals surface area (Å²) in [5, 5.41) is 9.17. The number of carbonyl (C=O) groups is 1. The van der Waals surface area contributed by atoms with E-state index in [1.165, 1.54) is 11.8 Å². The van der Waals surface area contributed by atoms with Gasteiger partial charge in [-0.15, -0.1) is 0 Å². The number of nitrogens with two attached hydrogens (primary N) is 1. The van der Waals surface area contributed by atoms with Gasteiger partial charge in [-0.05, 0) is 36.8 Å². The van der Waals surface area contributed by atoms with Crippen molar-refractivity contribution in [2.75, 3.05) is 12.8 Å². The average Bonchev–Trinajstić information content (AvgIpc) is 2.43. The number of methoxy groups -OCH3 is 1. The van der Waals surface area contributed by atoms with Crippen molar-refractivity contribution >= 4 is 23.4 Å². The molecule has 0 radical (unpaired) electrons. The number of rotatable bonds is 4. The highest BCUT2D eigenvalue weighted by molar-refractivity contribution is 7.99. The standard InChI is InChI=1S/C15H15NO3S/c1-9-7-10(8-11(14(9)16)15(17)18)20-13-6-4-3-5-12(13)19-2/h3-8H,16H2,1-2H3,(H,17,18). The third-order valence-corrected chi connectivity index (χ3v) is 3.92. The van der Waals surface area contributed by atoms with Gasteiger partial charge in [0.2, 0.25) is 0 Å². The summed E-state index contributed by atoms with van der Waals surface area (Å²) in [7, 11) is 1.61. The number of benzene rings is 2. The lowest BCUT2D eigenvalue weighted by Crippen LogP contribution is -2.04. The van der Waals surface area contributed by atoms with Gasteiger partial charge in [0.1, 0.15) is 5.75 Å². The highest BCUT2D eigenvalue weighted by atomic mass is 32.2. The second-order valence-electron chi connectivity index (χ2n) is 4.26. The predicted molar refractivity (Wildman–Crippen MR) is 79.7 cm³/mol. The van der Waals surface area contributed by atoms with Gasteiger partial charge in [0.05, 0.1) is 17.6 Å². The zero-order valence-electron chi connectivity index (χ0n) is 11.2. The van der Waals surface area contributed by atoms with E-state index in [9.17, 15) is 4.79 Å². The maximum atomic E-state index is 11.2. The Kier molecular flexibility index (Phi) is 4.20. The number of carboxylic acids is 1. The van der Waals surface area contributed by atoms with Gasteiger partial charge in [0, 0.05) is 10.6 Å². The molecule has 2 rings (SSSR count). The van der Waals surface area contributed by atoms with E-state index in [-0.39, 0.29) is 5.56 Å². The average molecular weight is 289 g/mol. The van der Waals surface area contributed by atoms with Gasteiger partial charge in [0.25, 0.3) is 0 Å². The van der Waals surface area contributed by atoms with Crippen LogP contribution in [0.4, 0.5) is 5.69 Å². The Balaban J connectivity index is 2.41. The molecule has 0 atom stereocenters. The fourth-order valence-corrected chi connectivity index (χ4v) is 2.90. The highest BCUT2D eigenvalue weighted by Gasteiger charge is 2.13. The van der Waals surface area contributed by atoms with Crippen LogP contribution in [0.25, 0.3) is 0 Å². The Morgan fingerprint density at radius 1 is 1.30 bits per heavy atom. The molecule has 0 saturated carbocycles. The van der Waals surface area contributed by atoms with Crippen molar-refractivity contribution in [2.45, 2.75) is 16.7 Å². The lowest BCUT2D eigenvalue weighted by molar-refractivity contribution is 0.0697. The van der Waals surface area contributed by atoms with Crippen LogP contribution in [-0.2, 0) is 0 Å². The Bertz CT molecular complexity index is 656. The molecular weight excluding hydrogens is 274 g/mol. The molecule has 0 aliphatic heterocycles. The minimum Gasteiger partial charge on any atom is -0.496 e. The minimum absolute atomic E-state index is 0.127. The van der Waals surface area contributed by atoms with Gasteiger partial charge < -0.3 is 15.6 Å². The van der Waals surface area contributed by atoms with Crippen LogP contribution in [0.2, 0.25) is 0 Å². The van der Waals surface area contributed by atoms with Crippen molar-refractivity contribution in [3.63, 3.8) is 0 Å². The third kappa shape index (κ3) is 2.88. The number of ether oxygens (including phenoxy) is 1. The number of hydrogen-bond donors (Lipinski definition) is 2. The van der Waals surface area contributed by atoms with E-state index < -0.39 is 5.97 Å². The summed E-state index contributed by atoms with van der Waals surface area (Å²) in [6, 6.07) is 11.0. The zero-order chi connectivity index (χ0) is 14.7. The van der Waals surface area contributed by atoms with Gasteiger partial charge in [-0.3, -0.25) is 0 Å². The maximum Gasteiger partial charge on any atom is 0.337 e. The Hall–Kier alpha value is -2.14. The summed E-state index contributed by atoms with van der Waals surface area (Å²) in [5.74, 6) is -0.267. The van der Waals surface area contributed by atoms with Crippen LogP contribution in [0.1, 0.15) is 15.9 Å². The van der Waals surface area contributed by atoms with Gasteiger partial charge in [-0.25, -0.2) is 4.79 Å². The van der Waals surface area contributed by atoms with E-state index in [2.05, 4.69) is 0 Å². The number of hydrogen-bond acceptors (Lipinski definition) is 4. The lowest BCUT2D eigenvalue weighted by atomic mass is 10.1. The van der Waals surface area contributed by atoms with Gasteiger partial charge >= 0.3 is 5.97 Å². The molecule has 3 N–H and O–H groups in total. The monoisotopic (exact) mass is 289 g/mol. The van der Waals surface area contributed by atoms with Gasteiger partial charge in [0.15, 0.2) is 0 Å². The third-order valence-electron chi connectivity index (χ3n) is 2.89. The predicted octanol–water partition coefficient (Wildman–Crippen LogP) is 3.44. The molecule has 2 aromatic carbocycles. The van der Waals surface area contributed by atoms with E-state index in [0.717, 1.165) is 21.1 Å². The summed E-state index contributed by atoms with van der Waals surface area (Å²) in [6.45, 7) is 1.80. The zero-order valence-corrected chi connectivity index (χ0v) is 12.0. The van der Waals surface area contributed by atoms with Crippen molar-refractivity contribution in [1.82, 2.24) is 0 Å². The molecule has 0 spiro atoms. The first kappa shape index (κ1) is 14.3. The fourth-order valence-electron chi connectivity index (χ4n) is 1.83. The topological polar surface area (TPSA) is 72.5 Å². The lowest BCUT2D eigenvalue weighted by Gasteiger charge is -2.11. The molecule has 0 fully saturated rings. The SMILES string of the molecule is COc1ccccc1Sc1cc(C)c(N)c(C(=O)O)c1. The Morgan fingerprint density at radius 3 is 2.65 bits per heavy atom. The molecule has 104 valence electrons. The molecule has 0 saturated heterocycles. The summed E-state index contributed by atoms with van der Waals surface area (Å²) in [6.07, 6.45) is 0. The first-order valence-electron chi connectivity index (χ1n) is 5.97. The molecule has 4 nitrogen and oxygen atoms in total. The van der Waals surface area contributed by atoms with Crippen molar-refractivity contribution in [3.8, 4) is 5.75 Å². The minimum atomic E-state index is -1.02. The number of nitrogen functional groups attached to an aromatic ring is 1. The molecule has 0 aromatic heterocycles. The molecule has 0 amide bonds. The number of para-hydroxylation sites is 1. The van der Waals surface area contributed by atoms with Crippen LogP contribution in [0.5, 0.6) is 5.75 Å². The maximum absolute atomic E-state index is 11.2. The smallest absolute Gasteiger partial charge is 0.337 e. The van der Waals surface area contributed by atoms with E-state index in [0.29, 0.717) is 5.69 Å². The van der Waals surface area contributed by atoms with Gasteiger partial charge in [-0.1, -0.05) is 23.9 Å². The normalized spacial score (nSPS) is 10.3. The molecular formula is C15H15NO3S. The molecule has 2 aromatic rings. The molecule has 0 heterocycles. The molecule has 0 unspecified atom stereocenters. The van der Waals surface area contributed by atoms with E-state index in [1.807, 2.05) is 30.3 Å². The molecule has 20 heavy (non-hydrogen) atoms. The summed E-state index contributed by atoms with van der Waals surface area (Å²) in [5.41, 5.74) is 6.97. The quantitative estimate of drug-likeness (QED) is 0.844. The van der Waals surface area contributed by atoms with Crippen LogP contribution in [0.15, 0.2) is 46.2 Å². The van der Waals surface area contributed by atoms with Crippen LogP contribution < -0.4 is 10.5 Å². The Labute approximate surface area is 121 Å². The molecule has 0 bridgehead atoms. The van der Waals surface area contributed by atoms with Crippen molar-refractivity contribution in [2.24, 2.45) is 0 Å². The van der Waals surface area contributed by atoms with Crippen LogP contribution >= 0.6 is 11.8 Å². The largest absolute Gasteiger partial charge is 0.496 e. The van der Waals surface area contributed by atoms with Crippen molar-refractivity contribution in [3.05, 3.63) is 47.5 Å². The molecule has 0 aliphatic rings. The fraction of sp³-hybridized carbons (Fsp3) is 0.133.